The second kappa shape index (κ2) is 6.40. The molecule has 0 heterocycles. The van der Waals surface area contributed by atoms with Crippen molar-refractivity contribution in [2.45, 2.75) is 32.7 Å². The Hall–Kier alpha value is -1.35. The maximum absolute atomic E-state index is 11.1. The van der Waals surface area contributed by atoms with Crippen LogP contribution in [0.4, 0.5) is 0 Å². The lowest BCUT2D eigenvalue weighted by Gasteiger charge is -2.12. The number of carbonyl (C=O) groups is 1. The van der Waals surface area contributed by atoms with Gasteiger partial charge < -0.3 is 10.5 Å². The number of esters is 1. The summed E-state index contributed by atoms with van der Waals surface area (Å²) >= 11 is 0. The van der Waals surface area contributed by atoms with E-state index >= 15 is 0 Å². The molecule has 1 aromatic carbocycles. The van der Waals surface area contributed by atoms with Gasteiger partial charge in [0.05, 0.1) is 13.5 Å². The van der Waals surface area contributed by atoms with Crippen molar-refractivity contribution < 1.29 is 9.53 Å². The van der Waals surface area contributed by atoms with Gasteiger partial charge in [-0.1, -0.05) is 38.1 Å². The van der Waals surface area contributed by atoms with Crippen LogP contribution >= 0.6 is 0 Å². The van der Waals surface area contributed by atoms with Crippen molar-refractivity contribution in [2.75, 3.05) is 7.11 Å². The lowest BCUT2D eigenvalue weighted by molar-refractivity contribution is -0.141. The average molecular weight is 235 g/mol. The van der Waals surface area contributed by atoms with Crippen LogP contribution in [0, 0.1) is 5.92 Å². The summed E-state index contributed by atoms with van der Waals surface area (Å²) < 4.78 is 4.60. The van der Waals surface area contributed by atoms with Gasteiger partial charge in [-0.15, -0.1) is 0 Å². The van der Waals surface area contributed by atoms with Crippen molar-refractivity contribution in [1.82, 2.24) is 0 Å². The molecule has 1 atom stereocenters. The summed E-state index contributed by atoms with van der Waals surface area (Å²) in [6, 6.07) is 7.85. The molecule has 94 valence electrons. The van der Waals surface area contributed by atoms with Crippen LogP contribution in [-0.4, -0.2) is 13.1 Å². The number of benzene rings is 1. The lowest BCUT2D eigenvalue weighted by Crippen LogP contribution is -2.16. The van der Waals surface area contributed by atoms with Gasteiger partial charge in [-0.05, 0) is 23.5 Å². The Balaban J connectivity index is 2.63. The molecule has 2 N–H and O–H groups in total. The first-order chi connectivity index (χ1) is 8.02. The van der Waals surface area contributed by atoms with Gasteiger partial charge in [-0.3, -0.25) is 4.79 Å². The van der Waals surface area contributed by atoms with E-state index < -0.39 is 0 Å². The first-order valence-corrected chi connectivity index (χ1v) is 5.94. The number of rotatable bonds is 5. The molecular formula is C14H21NO2. The van der Waals surface area contributed by atoms with Crippen molar-refractivity contribution in [3.8, 4) is 0 Å². The van der Waals surface area contributed by atoms with E-state index in [-0.39, 0.29) is 18.4 Å². The zero-order chi connectivity index (χ0) is 12.8. The third-order valence-electron chi connectivity index (χ3n) is 2.67. The number of methoxy groups -OCH3 is 1. The smallest absolute Gasteiger partial charge is 0.307 e. The SMILES string of the molecule is COC(=O)CC(N)c1ccc(CC(C)C)cc1. The minimum atomic E-state index is -0.282. The largest absolute Gasteiger partial charge is 0.469 e. The fraction of sp³-hybridized carbons (Fsp3) is 0.500. The summed E-state index contributed by atoms with van der Waals surface area (Å²) in [5, 5.41) is 0. The van der Waals surface area contributed by atoms with E-state index in [0.29, 0.717) is 5.92 Å². The van der Waals surface area contributed by atoms with E-state index in [1.54, 1.807) is 0 Å². The van der Waals surface area contributed by atoms with Gasteiger partial charge in [-0.25, -0.2) is 0 Å². The van der Waals surface area contributed by atoms with Crippen LogP contribution in [0.2, 0.25) is 0 Å². The molecule has 0 aromatic heterocycles. The minimum absolute atomic E-state index is 0.222. The van der Waals surface area contributed by atoms with Gasteiger partial charge >= 0.3 is 5.97 Å². The van der Waals surface area contributed by atoms with Gasteiger partial charge in [0.15, 0.2) is 0 Å². The highest BCUT2D eigenvalue weighted by Crippen LogP contribution is 2.16. The third kappa shape index (κ3) is 4.57. The summed E-state index contributed by atoms with van der Waals surface area (Å²) in [6.45, 7) is 4.38. The molecule has 0 fully saturated rings. The number of hydrogen-bond acceptors (Lipinski definition) is 3. The molecule has 0 saturated heterocycles. The number of nitrogens with two attached hydrogens (primary N) is 1. The van der Waals surface area contributed by atoms with Crippen molar-refractivity contribution in [3.63, 3.8) is 0 Å². The Kier molecular flexibility index (Phi) is 5.16. The molecular weight excluding hydrogens is 214 g/mol. The molecule has 1 aromatic rings. The standard InChI is InChI=1S/C14H21NO2/c1-10(2)8-11-4-6-12(7-5-11)13(15)9-14(16)17-3/h4-7,10,13H,8-9,15H2,1-3H3. The van der Waals surface area contributed by atoms with Crippen molar-refractivity contribution >= 4 is 5.97 Å². The predicted molar refractivity (Wildman–Crippen MR) is 68.5 cm³/mol. The molecule has 3 nitrogen and oxygen atoms in total. The molecule has 0 spiro atoms. The second-order valence-electron chi connectivity index (χ2n) is 4.73. The topological polar surface area (TPSA) is 52.3 Å². The minimum Gasteiger partial charge on any atom is -0.469 e. The highest BCUT2D eigenvalue weighted by Gasteiger charge is 2.11. The Labute approximate surface area is 103 Å². The van der Waals surface area contributed by atoms with Crippen LogP contribution in [0.25, 0.3) is 0 Å². The van der Waals surface area contributed by atoms with Gasteiger partial charge in [0.25, 0.3) is 0 Å². The molecule has 1 rings (SSSR count). The van der Waals surface area contributed by atoms with E-state index in [4.69, 9.17) is 5.73 Å². The Morgan fingerprint density at radius 1 is 1.29 bits per heavy atom. The fourth-order valence-electron chi connectivity index (χ4n) is 1.75. The maximum Gasteiger partial charge on any atom is 0.307 e. The van der Waals surface area contributed by atoms with E-state index in [1.165, 1.54) is 12.7 Å². The first-order valence-electron chi connectivity index (χ1n) is 5.94. The predicted octanol–water partition coefficient (Wildman–Crippen LogP) is 2.45. The second-order valence-corrected chi connectivity index (χ2v) is 4.73. The Morgan fingerprint density at radius 3 is 2.35 bits per heavy atom. The molecule has 3 heteroatoms. The van der Waals surface area contributed by atoms with E-state index in [0.717, 1.165) is 12.0 Å². The maximum atomic E-state index is 11.1. The van der Waals surface area contributed by atoms with Crippen molar-refractivity contribution in [1.29, 1.82) is 0 Å². The van der Waals surface area contributed by atoms with Crippen LogP contribution in [0.1, 0.15) is 37.4 Å². The van der Waals surface area contributed by atoms with Gasteiger partial charge in [-0.2, -0.15) is 0 Å². The van der Waals surface area contributed by atoms with E-state index in [2.05, 4.69) is 30.7 Å². The number of carbonyl (C=O) groups excluding carboxylic acids is 1. The normalized spacial score (nSPS) is 12.5. The molecule has 0 aliphatic heterocycles. The molecule has 0 aliphatic carbocycles. The molecule has 1 unspecified atom stereocenters. The van der Waals surface area contributed by atoms with Crippen LogP contribution in [0.3, 0.4) is 0 Å². The van der Waals surface area contributed by atoms with Gasteiger partial charge in [0.2, 0.25) is 0 Å². The molecule has 0 amide bonds. The van der Waals surface area contributed by atoms with E-state index in [9.17, 15) is 4.79 Å². The molecule has 0 aliphatic rings. The summed E-state index contributed by atoms with van der Waals surface area (Å²) in [7, 11) is 1.38. The van der Waals surface area contributed by atoms with Gasteiger partial charge in [0.1, 0.15) is 0 Å². The zero-order valence-electron chi connectivity index (χ0n) is 10.8. The monoisotopic (exact) mass is 235 g/mol. The fourth-order valence-corrected chi connectivity index (χ4v) is 1.75. The zero-order valence-corrected chi connectivity index (χ0v) is 10.8. The van der Waals surface area contributed by atoms with Crippen LogP contribution in [0.15, 0.2) is 24.3 Å². The molecule has 0 saturated carbocycles. The Bertz CT molecular complexity index is 357. The summed E-state index contributed by atoms with van der Waals surface area (Å²) in [6.07, 6.45) is 1.28. The summed E-state index contributed by atoms with van der Waals surface area (Å²) in [4.78, 5) is 11.1. The van der Waals surface area contributed by atoms with Crippen LogP contribution < -0.4 is 5.73 Å². The van der Waals surface area contributed by atoms with E-state index in [1.807, 2.05) is 12.1 Å². The molecule has 17 heavy (non-hydrogen) atoms. The summed E-state index contributed by atoms with van der Waals surface area (Å²) in [5.41, 5.74) is 8.20. The summed E-state index contributed by atoms with van der Waals surface area (Å²) in [5.74, 6) is 0.369. The van der Waals surface area contributed by atoms with Crippen LogP contribution in [0.5, 0.6) is 0 Å². The van der Waals surface area contributed by atoms with Crippen LogP contribution in [-0.2, 0) is 16.0 Å². The average Bonchev–Trinajstić information content (AvgIpc) is 2.28. The first kappa shape index (κ1) is 13.7. The lowest BCUT2D eigenvalue weighted by atomic mass is 9.98. The third-order valence-corrected chi connectivity index (χ3v) is 2.67. The molecule has 0 bridgehead atoms. The highest BCUT2D eigenvalue weighted by molar-refractivity contribution is 5.70. The van der Waals surface area contributed by atoms with Crippen molar-refractivity contribution in [3.05, 3.63) is 35.4 Å². The number of hydrogen-bond donors (Lipinski definition) is 1. The Morgan fingerprint density at radius 2 is 1.88 bits per heavy atom. The number of ether oxygens (including phenoxy) is 1. The molecule has 0 radical (unpaired) electrons. The quantitative estimate of drug-likeness (QED) is 0.797. The van der Waals surface area contributed by atoms with Crippen molar-refractivity contribution in [2.24, 2.45) is 11.7 Å². The highest BCUT2D eigenvalue weighted by atomic mass is 16.5. The van der Waals surface area contributed by atoms with Gasteiger partial charge in [0, 0.05) is 6.04 Å².